The fourth-order valence-electron chi connectivity index (χ4n) is 2.60. The Morgan fingerprint density at radius 3 is 2.58 bits per heavy atom. The van der Waals surface area contributed by atoms with Crippen LogP contribution in [-0.2, 0) is 10.2 Å². The summed E-state index contributed by atoms with van der Waals surface area (Å²) in [5.41, 5.74) is 6.06. The number of hydrogen-bond donors (Lipinski definition) is 2. The first-order chi connectivity index (χ1) is 9.08. The molecule has 0 spiro atoms. The summed E-state index contributed by atoms with van der Waals surface area (Å²) in [5.74, 6) is 0.815. The van der Waals surface area contributed by atoms with Gasteiger partial charge in [0.05, 0.1) is 7.11 Å². The number of carbonyl (C=O) groups is 1. The van der Waals surface area contributed by atoms with Gasteiger partial charge in [-0.15, -0.1) is 0 Å². The maximum Gasteiger partial charge on any atom is 0.321 e. The van der Waals surface area contributed by atoms with Crippen molar-refractivity contribution in [2.24, 2.45) is 5.73 Å². The number of aliphatic carboxylic acids is 1. The molecule has 0 radical (unpaired) electrons. The molecule has 2 aliphatic rings. The molecule has 1 atom stereocenters. The molecule has 1 aliphatic heterocycles. The lowest BCUT2D eigenvalue weighted by Crippen LogP contribution is -2.42. The Labute approximate surface area is 110 Å². The predicted molar refractivity (Wildman–Crippen MR) is 65.6 cm³/mol. The van der Waals surface area contributed by atoms with Gasteiger partial charge in [0.15, 0.2) is 11.5 Å². The highest BCUT2D eigenvalue weighted by atomic mass is 16.7. The summed E-state index contributed by atoms with van der Waals surface area (Å²) in [6.45, 7) is 0.167. The third-order valence-electron chi connectivity index (χ3n) is 3.88. The minimum Gasteiger partial charge on any atom is -0.496 e. The third-order valence-corrected chi connectivity index (χ3v) is 3.88. The maximum absolute atomic E-state index is 11.2. The number of benzene rings is 1. The molecular formula is C13H15NO5. The van der Waals surface area contributed by atoms with Crippen molar-refractivity contribution in [1.82, 2.24) is 0 Å². The lowest BCUT2D eigenvalue weighted by molar-refractivity contribution is -0.139. The molecule has 1 heterocycles. The second-order valence-corrected chi connectivity index (χ2v) is 4.88. The zero-order valence-corrected chi connectivity index (χ0v) is 10.5. The first-order valence-corrected chi connectivity index (χ1v) is 6.05. The number of fused-ring (bicyclic) bond motifs is 1. The molecule has 1 aromatic rings. The molecule has 1 unspecified atom stereocenters. The zero-order chi connectivity index (χ0) is 13.6. The van der Waals surface area contributed by atoms with Crippen molar-refractivity contribution in [3.05, 3.63) is 17.7 Å². The summed E-state index contributed by atoms with van der Waals surface area (Å²) in [5, 5.41) is 9.15. The molecule has 3 rings (SSSR count). The number of ether oxygens (including phenoxy) is 3. The van der Waals surface area contributed by atoms with Gasteiger partial charge in [-0.05, 0) is 18.9 Å². The molecule has 6 nitrogen and oxygen atoms in total. The maximum atomic E-state index is 11.2. The van der Waals surface area contributed by atoms with E-state index in [0.717, 1.165) is 18.4 Å². The predicted octanol–water partition coefficient (Wildman–Crippen LogP) is 0.867. The molecule has 1 aromatic carbocycles. The van der Waals surface area contributed by atoms with Crippen LogP contribution in [0.15, 0.2) is 12.1 Å². The minimum atomic E-state index is -1.00. The topological polar surface area (TPSA) is 91.0 Å². The number of methoxy groups -OCH3 is 1. The van der Waals surface area contributed by atoms with Crippen molar-refractivity contribution < 1.29 is 24.1 Å². The molecule has 102 valence electrons. The molecule has 0 aromatic heterocycles. The van der Waals surface area contributed by atoms with E-state index in [1.165, 1.54) is 0 Å². The van der Waals surface area contributed by atoms with Gasteiger partial charge >= 0.3 is 5.97 Å². The second-order valence-electron chi connectivity index (χ2n) is 4.88. The van der Waals surface area contributed by atoms with Crippen LogP contribution < -0.4 is 19.9 Å². The number of nitrogens with two attached hydrogens (primary N) is 1. The molecule has 0 bridgehead atoms. The molecule has 1 saturated carbocycles. The van der Waals surface area contributed by atoms with Gasteiger partial charge in [-0.25, -0.2) is 0 Å². The Morgan fingerprint density at radius 2 is 2.05 bits per heavy atom. The highest BCUT2D eigenvalue weighted by molar-refractivity contribution is 5.77. The summed E-state index contributed by atoms with van der Waals surface area (Å²) >= 11 is 0. The van der Waals surface area contributed by atoms with Crippen molar-refractivity contribution in [1.29, 1.82) is 0 Å². The Kier molecular flexibility index (Phi) is 2.56. The summed E-state index contributed by atoms with van der Waals surface area (Å²) in [6.07, 6.45) is 1.47. The van der Waals surface area contributed by atoms with E-state index in [9.17, 15) is 4.79 Å². The smallest absolute Gasteiger partial charge is 0.321 e. The van der Waals surface area contributed by atoms with E-state index in [-0.39, 0.29) is 6.79 Å². The van der Waals surface area contributed by atoms with E-state index in [1.54, 1.807) is 19.2 Å². The summed E-state index contributed by atoms with van der Waals surface area (Å²) in [4.78, 5) is 11.2. The standard InChI is InChI=1S/C13H15NO5/c1-17-8-5-10-9(18-6-19-10)4-7(8)13(2-3-13)11(14)12(15)16/h4-5,11H,2-3,6,14H2,1H3,(H,15,16). The first kappa shape index (κ1) is 12.1. The van der Waals surface area contributed by atoms with Crippen molar-refractivity contribution in [2.75, 3.05) is 13.9 Å². The van der Waals surface area contributed by atoms with Gasteiger partial charge in [0, 0.05) is 17.0 Å². The van der Waals surface area contributed by atoms with Crippen LogP contribution in [0.25, 0.3) is 0 Å². The lowest BCUT2D eigenvalue weighted by Gasteiger charge is -2.22. The van der Waals surface area contributed by atoms with Gasteiger partial charge in [-0.1, -0.05) is 0 Å². The summed E-state index contributed by atoms with van der Waals surface area (Å²) in [6, 6.07) is 2.57. The van der Waals surface area contributed by atoms with Crippen LogP contribution in [0.3, 0.4) is 0 Å². The van der Waals surface area contributed by atoms with E-state index in [1.807, 2.05) is 0 Å². The highest BCUT2D eigenvalue weighted by Crippen LogP contribution is 2.55. The molecule has 6 heteroatoms. The first-order valence-electron chi connectivity index (χ1n) is 6.05. The van der Waals surface area contributed by atoms with Crippen LogP contribution in [0.4, 0.5) is 0 Å². The molecule has 1 fully saturated rings. The van der Waals surface area contributed by atoms with Gasteiger partial charge < -0.3 is 25.1 Å². The quantitative estimate of drug-likeness (QED) is 0.839. The van der Waals surface area contributed by atoms with Crippen LogP contribution in [0.1, 0.15) is 18.4 Å². The van der Waals surface area contributed by atoms with E-state index in [0.29, 0.717) is 17.2 Å². The average Bonchev–Trinajstić information content (AvgIpc) is 3.08. The van der Waals surface area contributed by atoms with Gasteiger partial charge in [0.25, 0.3) is 0 Å². The Bertz CT molecular complexity index is 538. The number of hydrogen-bond acceptors (Lipinski definition) is 5. The van der Waals surface area contributed by atoms with Crippen LogP contribution in [-0.4, -0.2) is 31.0 Å². The molecule has 19 heavy (non-hydrogen) atoms. The molecule has 0 amide bonds. The molecule has 3 N–H and O–H groups in total. The minimum absolute atomic E-state index is 0.167. The summed E-state index contributed by atoms with van der Waals surface area (Å²) in [7, 11) is 1.55. The Balaban J connectivity index is 2.07. The van der Waals surface area contributed by atoms with Gasteiger partial charge in [0.1, 0.15) is 11.8 Å². The zero-order valence-electron chi connectivity index (χ0n) is 10.5. The molecular weight excluding hydrogens is 250 g/mol. The third kappa shape index (κ3) is 1.71. The second kappa shape index (κ2) is 4.03. The monoisotopic (exact) mass is 265 g/mol. The van der Waals surface area contributed by atoms with Crippen molar-refractivity contribution >= 4 is 5.97 Å². The fraction of sp³-hybridized carbons (Fsp3) is 0.462. The van der Waals surface area contributed by atoms with Crippen molar-refractivity contribution in [2.45, 2.75) is 24.3 Å². The van der Waals surface area contributed by atoms with E-state index < -0.39 is 17.4 Å². The van der Waals surface area contributed by atoms with E-state index in [2.05, 4.69) is 0 Å². The number of carboxylic acids is 1. The van der Waals surface area contributed by atoms with Gasteiger partial charge in [-0.2, -0.15) is 0 Å². The summed E-state index contributed by atoms with van der Waals surface area (Å²) < 4.78 is 16.0. The Hall–Kier alpha value is -1.95. The highest BCUT2D eigenvalue weighted by Gasteiger charge is 2.54. The van der Waals surface area contributed by atoms with Crippen LogP contribution >= 0.6 is 0 Å². The molecule has 1 aliphatic carbocycles. The number of rotatable bonds is 4. The largest absolute Gasteiger partial charge is 0.496 e. The molecule has 0 saturated heterocycles. The Morgan fingerprint density at radius 1 is 1.42 bits per heavy atom. The average molecular weight is 265 g/mol. The van der Waals surface area contributed by atoms with E-state index >= 15 is 0 Å². The van der Waals surface area contributed by atoms with Crippen molar-refractivity contribution in [3.8, 4) is 17.2 Å². The van der Waals surface area contributed by atoms with Gasteiger partial charge in [0.2, 0.25) is 6.79 Å². The fourth-order valence-corrected chi connectivity index (χ4v) is 2.60. The van der Waals surface area contributed by atoms with E-state index in [4.69, 9.17) is 25.1 Å². The number of carboxylic acid groups (broad SMARTS) is 1. The van der Waals surface area contributed by atoms with Gasteiger partial charge in [-0.3, -0.25) is 4.79 Å². The SMILES string of the molecule is COc1cc2c(cc1C1(C(N)C(=O)O)CC1)OCO2. The lowest BCUT2D eigenvalue weighted by atomic mass is 9.87. The van der Waals surface area contributed by atoms with Crippen LogP contribution in [0.5, 0.6) is 17.2 Å². The van der Waals surface area contributed by atoms with Crippen LogP contribution in [0, 0.1) is 0 Å². The van der Waals surface area contributed by atoms with Crippen LogP contribution in [0.2, 0.25) is 0 Å². The van der Waals surface area contributed by atoms with Crippen molar-refractivity contribution in [3.63, 3.8) is 0 Å². The normalized spacial score (nSPS) is 19.9.